The van der Waals surface area contributed by atoms with Crippen LogP contribution in [-0.2, 0) is 17.9 Å². The Hall–Kier alpha value is -1.39. The van der Waals surface area contributed by atoms with E-state index in [4.69, 9.17) is 5.73 Å². The third-order valence-corrected chi connectivity index (χ3v) is 3.73. The quantitative estimate of drug-likeness (QED) is 0.800. The first-order valence-corrected chi connectivity index (χ1v) is 7.26. The van der Waals surface area contributed by atoms with E-state index in [1.54, 1.807) is 0 Å². The number of likely N-dealkylation sites (N-methyl/N-ethyl adjacent to an activating group) is 1. The molecule has 0 bridgehead atoms. The number of amides is 1. The molecule has 3 N–H and O–H groups in total. The highest BCUT2D eigenvalue weighted by molar-refractivity contribution is 5.81. The minimum Gasteiger partial charge on any atom is -0.352 e. The lowest BCUT2D eigenvalue weighted by molar-refractivity contribution is -0.126. The molecule has 0 heterocycles. The number of carbonyl (C=O) groups is 1. The number of benzene rings is 1. The molecule has 0 saturated heterocycles. The van der Waals surface area contributed by atoms with Crippen LogP contribution >= 0.6 is 0 Å². The van der Waals surface area contributed by atoms with Crippen molar-refractivity contribution in [2.75, 3.05) is 7.05 Å². The van der Waals surface area contributed by atoms with Gasteiger partial charge in [-0.2, -0.15) is 0 Å². The number of hydrogen-bond donors (Lipinski definition) is 2. The van der Waals surface area contributed by atoms with Gasteiger partial charge in [0, 0.05) is 19.1 Å². The standard InChI is InChI=1S/C16H27N3O/c1-5-12(2)18-16(20)13(3)19(4)11-15-8-6-14(10-17)7-9-15/h6-9,12-13H,5,10-11,17H2,1-4H3,(H,18,20). The molecule has 0 aliphatic carbocycles. The number of carbonyl (C=O) groups excluding carboxylic acids is 1. The van der Waals surface area contributed by atoms with Crippen LogP contribution in [0, 0.1) is 0 Å². The average Bonchev–Trinajstić information content (AvgIpc) is 2.46. The maximum absolute atomic E-state index is 12.1. The Labute approximate surface area is 122 Å². The minimum atomic E-state index is -0.141. The van der Waals surface area contributed by atoms with Gasteiger partial charge in [0.25, 0.3) is 0 Å². The molecule has 4 heteroatoms. The molecule has 1 aromatic rings. The van der Waals surface area contributed by atoms with Crippen molar-refractivity contribution in [2.24, 2.45) is 5.73 Å². The first kappa shape index (κ1) is 16.7. The van der Waals surface area contributed by atoms with Gasteiger partial charge in [-0.3, -0.25) is 9.69 Å². The Kier molecular flexibility index (Phi) is 6.68. The predicted molar refractivity (Wildman–Crippen MR) is 83.2 cm³/mol. The van der Waals surface area contributed by atoms with E-state index in [0.717, 1.165) is 18.5 Å². The molecule has 2 atom stereocenters. The van der Waals surface area contributed by atoms with Crippen LogP contribution in [0.4, 0.5) is 0 Å². The van der Waals surface area contributed by atoms with Crippen LogP contribution in [0.2, 0.25) is 0 Å². The van der Waals surface area contributed by atoms with E-state index in [0.29, 0.717) is 6.54 Å². The predicted octanol–water partition coefficient (Wildman–Crippen LogP) is 1.88. The Balaban J connectivity index is 2.55. The van der Waals surface area contributed by atoms with Crippen LogP contribution in [0.3, 0.4) is 0 Å². The van der Waals surface area contributed by atoms with Crippen molar-refractivity contribution in [3.8, 4) is 0 Å². The normalized spacial score (nSPS) is 14.1. The van der Waals surface area contributed by atoms with Gasteiger partial charge < -0.3 is 11.1 Å². The molecule has 2 unspecified atom stereocenters. The molecular weight excluding hydrogens is 250 g/mol. The first-order valence-electron chi connectivity index (χ1n) is 7.26. The van der Waals surface area contributed by atoms with Gasteiger partial charge in [-0.25, -0.2) is 0 Å². The maximum atomic E-state index is 12.1. The van der Waals surface area contributed by atoms with Crippen LogP contribution in [-0.4, -0.2) is 29.9 Å². The second-order valence-electron chi connectivity index (χ2n) is 5.43. The van der Waals surface area contributed by atoms with E-state index in [9.17, 15) is 4.79 Å². The third-order valence-electron chi connectivity index (χ3n) is 3.73. The zero-order valence-electron chi connectivity index (χ0n) is 13.0. The molecular formula is C16H27N3O. The summed E-state index contributed by atoms with van der Waals surface area (Å²) in [7, 11) is 1.97. The third kappa shape index (κ3) is 4.94. The van der Waals surface area contributed by atoms with Gasteiger partial charge in [0.15, 0.2) is 0 Å². The van der Waals surface area contributed by atoms with E-state index >= 15 is 0 Å². The minimum absolute atomic E-state index is 0.0837. The monoisotopic (exact) mass is 277 g/mol. The molecule has 1 aromatic carbocycles. The van der Waals surface area contributed by atoms with Crippen molar-refractivity contribution < 1.29 is 4.79 Å². The van der Waals surface area contributed by atoms with Crippen LogP contribution < -0.4 is 11.1 Å². The lowest BCUT2D eigenvalue weighted by atomic mass is 10.1. The summed E-state index contributed by atoms with van der Waals surface area (Å²) in [6, 6.07) is 8.29. The Bertz CT molecular complexity index is 416. The van der Waals surface area contributed by atoms with Crippen molar-refractivity contribution in [1.82, 2.24) is 10.2 Å². The van der Waals surface area contributed by atoms with Gasteiger partial charge in [0.1, 0.15) is 0 Å². The molecule has 0 radical (unpaired) electrons. The Morgan fingerprint density at radius 3 is 2.30 bits per heavy atom. The van der Waals surface area contributed by atoms with Gasteiger partial charge in [-0.1, -0.05) is 31.2 Å². The first-order chi connectivity index (χ1) is 9.47. The number of nitrogens with two attached hydrogens (primary N) is 1. The van der Waals surface area contributed by atoms with Gasteiger partial charge >= 0.3 is 0 Å². The summed E-state index contributed by atoms with van der Waals surface area (Å²) < 4.78 is 0. The van der Waals surface area contributed by atoms with Crippen molar-refractivity contribution in [3.05, 3.63) is 35.4 Å². The number of rotatable bonds is 7. The van der Waals surface area contributed by atoms with Gasteiger partial charge in [-0.05, 0) is 38.4 Å². The molecule has 0 aliphatic heterocycles. The Morgan fingerprint density at radius 2 is 1.80 bits per heavy atom. The van der Waals surface area contributed by atoms with Gasteiger partial charge in [0.05, 0.1) is 6.04 Å². The lowest BCUT2D eigenvalue weighted by Gasteiger charge is -2.25. The van der Waals surface area contributed by atoms with Crippen LogP contribution in [0.5, 0.6) is 0 Å². The summed E-state index contributed by atoms with van der Waals surface area (Å²) in [6.45, 7) is 7.34. The highest BCUT2D eigenvalue weighted by atomic mass is 16.2. The van der Waals surface area contributed by atoms with Crippen LogP contribution in [0.1, 0.15) is 38.3 Å². The average molecular weight is 277 g/mol. The van der Waals surface area contributed by atoms with E-state index < -0.39 is 0 Å². The van der Waals surface area contributed by atoms with Crippen LogP contribution in [0.15, 0.2) is 24.3 Å². The second kappa shape index (κ2) is 8.02. The molecule has 0 saturated carbocycles. The summed E-state index contributed by atoms with van der Waals surface area (Å²) in [5.41, 5.74) is 7.90. The molecule has 1 rings (SSSR count). The van der Waals surface area contributed by atoms with E-state index in [1.165, 1.54) is 5.56 Å². The zero-order valence-corrected chi connectivity index (χ0v) is 13.0. The number of nitrogens with one attached hydrogen (secondary N) is 1. The molecule has 0 spiro atoms. The molecule has 4 nitrogen and oxygen atoms in total. The molecule has 112 valence electrons. The highest BCUT2D eigenvalue weighted by Crippen LogP contribution is 2.09. The topological polar surface area (TPSA) is 58.4 Å². The largest absolute Gasteiger partial charge is 0.352 e. The SMILES string of the molecule is CCC(C)NC(=O)C(C)N(C)Cc1ccc(CN)cc1. The molecule has 20 heavy (non-hydrogen) atoms. The number of nitrogens with zero attached hydrogens (tertiary/aromatic N) is 1. The van der Waals surface area contributed by atoms with E-state index in [2.05, 4.69) is 29.3 Å². The Morgan fingerprint density at radius 1 is 1.25 bits per heavy atom. The van der Waals surface area contributed by atoms with Crippen molar-refractivity contribution >= 4 is 5.91 Å². The lowest BCUT2D eigenvalue weighted by Crippen LogP contribution is -2.45. The van der Waals surface area contributed by atoms with Crippen LogP contribution in [0.25, 0.3) is 0 Å². The highest BCUT2D eigenvalue weighted by Gasteiger charge is 2.19. The van der Waals surface area contributed by atoms with E-state index in [1.807, 2.05) is 33.0 Å². The van der Waals surface area contributed by atoms with Gasteiger partial charge in [-0.15, -0.1) is 0 Å². The molecule has 0 fully saturated rings. The van der Waals surface area contributed by atoms with Gasteiger partial charge in [0.2, 0.25) is 5.91 Å². The zero-order chi connectivity index (χ0) is 15.1. The van der Waals surface area contributed by atoms with Crippen molar-refractivity contribution in [2.45, 2.75) is 52.4 Å². The molecule has 1 amide bonds. The summed E-state index contributed by atoms with van der Waals surface area (Å²) in [6.07, 6.45) is 0.947. The summed E-state index contributed by atoms with van der Waals surface area (Å²) in [5.74, 6) is 0.0837. The summed E-state index contributed by atoms with van der Waals surface area (Å²) in [5, 5.41) is 3.02. The smallest absolute Gasteiger partial charge is 0.237 e. The second-order valence-corrected chi connectivity index (χ2v) is 5.43. The fraction of sp³-hybridized carbons (Fsp3) is 0.562. The molecule has 0 aliphatic rings. The molecule has 0 aromatic heterocycles. The maximum Gasteiger partial charge on any atom is 0.237 e. The number of hydrogen-bond acceptors (Lipinski definition) is 3. The fourth-order valence-corrected chi connectivity index (χ4v) is 1.87. The van der Waals surface area contributed by atoms with Crippen molar-refractivity contribution in [3.63, 3.8) is 0 Å². The summed E-state index contributed by atoms with van der Waals surface area (Å²) >= 11 is 0. The van der Waals surface area contributed by atoms with E-state index in [-0.39, 0.29) is 18.0 Å². The van der Waals surface area contributed by atoms with Crippen molar-refractivity contribution in [1.29, 1.82) is 0 Å². The fourth-order valence-electron chi connectivity index (χ4n) is 1.87. The summed E-state index contributed by atoms with van der Waals surface area (Å²) in [4.78, 5) is 14.1.